The van der Waals surface area contributed by atoms with Gasteiger partial charge >= 0.3 is 11.9 Å². The normalized spacial score (nSPS) is 29.5. The Morgan fingerprint density at radius 1 is 1.33 bits per heavy atom. The Labute approximate surface area is 192 Å². The number of aliphatic hydroxyl groups is 2. The van der Waals surface area contributed by atoms with E-state index < -0.39 is 42.1 Å². The number of phenols is 1. The van der Waals surface area contributed by atoms with Crippen LogP contribution in [0.4, 0.5) is 0 Å². The topological polar surface area (TPSA) is 144 Å². The number of methoxy groups -OCH3 is 1. The van der Waals surface area contributed by atoms with Crippen LogP contribution in [0.5, 0.6) is 11.5 Å². The minimum Gasteiger partial charge on any atom is -0.504 e. The van der Waals surface area contributed by atoms with Crippen LogP contribution in [0.25, 0.3) is 6.08 Å². The van der Waals surface area contributed by atoms with E-state index in [-0.39, 0.29) is 36.1 Å². The number of benzene rings is 1. The molecule has 10 heteroatoms. The van der Waals surface area contributed by atoms with Gasteiger partial charge in [-0.2, -0.15) is 0 Å². The zero-order valence-electron chi connectivity index (χ0n) is 19.1. The van der Waals surface area contributed by atoms with Gasteiger partial charge in [-0.25, -0.2) is 4.79 Å². The smallest absolute Gasteiger partial charge is 0.334 e. The van der Waals surface area contributed by atoms with Crippen molar-refractivity contribution in [1.82, 2.24) is 5.32 Å². The molecule has 0 saturated carbocycles. The molecule has 2 saturated heterocycles. The van der Waals surface area contributed by atoms with Crippen LogP contribution in [0.3, 0.4) is 0 Å². The lowest BCUT2D eigenvalue weighted by molar-refractivity contribution is -0.355. The summed E-state index contributed by atoms with van der Waals surface area (Å²) in [6.07, 6.45) is -2.96. The van der Waals surface area contributed by atoms with Crippen molar-refractivity contribution in [2.75, 3.05) is 20.2 Å². The summed E-state index contributed by atoms with van der Waals surface area (Å²) in [7, 11) is 1.42. The first-order valence-electron chi connectivity index (χ1n) is 10.8. The van der Waals surface area contributed by atoms with Crippen molar-refractivity contribution in [2.24, 2.45) is 5.92 Å². The average molecular weight is 465 g/mol. The van der Waals surface area contributed by atoms with E-state index in [9.17, 15) is 24.9 Å². The van der Waals surface area contributed by atoms with Crippen LogP contribution in [-0.2, 0) is 23.8 Å². The molecule has 182 valence electrons. The molecule has 2 fully saturated rings. The summed E-state index contributed by atoms with van der Waals surface area (Å²) in [6.45, 7) is 5.18. The molecule has 10 nitrogen and oxygen atoms in total. The SMILES string of the molecule is COc1cc(C=C(CC(C)C)C(=O)O[C@H]2[C@H](OC(C)=O)[C@@H](O)[C@H]3CNC[C@@]2(O)O3)ccc1O. The molecule has 1 aromatic rings. The number of aliphatic hydroxyl groups excluding tert-OH is 1. The number of hydrogen-bond acceptors (Lipinski definition) is 10. The van der Waals surface area contributed by atoms with E-state index >= 15 is 0 Å². The number of morpholine rings is 1. The molecule has 1 aromatic carbocycles. The predicted molar refractivity (Wildman–Crippen MR) is 116 cm³/mol. The molecule has 0 spiro atoms. The van der Waals surface area contributed by atoms with Crippen LogP contribution in [0.15, 0.2) is 23.8 Å². The summed E-state index contributed by atoms with van der Waals surface area (Å²) in [6, 6.07) is 4.63. The Hall–Kier alpha value is -2.66. The number of rotatable bonds is 7. The highest BCUT2D eigenvalue weighted by Crippen LogP contribution is 2.35. The van der Waals surface area contributed by atoms with Gasteiger partial charge in [-0.15, -0.1) is 0 Å². The van der Waals surface area contributed by atoms with Crippen molar-refractivity contribution >= 4 is 18.0 Å². The van der Waals surface area contributed by atoms with Gasteiger partial charge in [0.05, 0.1) is 13.7 Å². The number of phenolic OH excluding ortho intramolecular Hbond substituents is 1. The van der Waals surface area contributed by atoms with Crippen LogP contribution in [-0.4, -0.2) is 77.7 Å². The maximum Gasteiger partial charge on any atom is 0.334 e. The molecule has 0 unspecified atom stereocenters. The highest BCUT2D eigenvalue weighted by atomic mass is 16.7. The molecule has 2 aliphatic rings. The van der Waals surface area contributed by atoms with Gasteiger partial charge in [0, 0.05) is 19.0 Å². The molecule has 3 rings (SSSR count). The first-order valence-corrected chi connectivity index (χ1v) is 10.8. The van der Waals surface area contributed by atoms with E-state index in [2.05, 4.69) is 5.32 Å². The summed E-state index contributed by atoms with van der Waals surface area (Å²) >= 11 is 0. The third-order valence-electron chi connectivity index (χ3n) is 5.51. The van der Waals surface area contributed by atoms with Crippen molar-refractivity contribution in [2.45, 2.75) is 57.4 Å². The maximum absolute atomic E-state index is 13.2. The molecular formula is C23H31NO9. The standard InChI is InChI=1S/C23H31NO9/c1-12(2)7-15(8-14-5-6-16(26)17(9-14)30-4)22(28)32-21-20(31-13(3)25)19(27)18-10-24-11-23(21,29)33-18/h5-6,8-9,12,18-21,24,26-27,29H,7,10-11H2,1-4H3/t18-,19+,20-,21+,23-/m1/s1. The van der Waals surface area contributed by atoms with Gasteiger partial charge in [-0.05, 0) is 36.1 Å². The van der Waals surface area contributed by atoms with Crippen molar-refractivity contribution in [1.29, 1.82) is 0 Å². The van der Waals surface area contributed by atoms with Crippen LogP contribution < -0.4 is 10.1 Å². The lowest BCUT2D eigenvalue weighted by atomic mass is 9.89. The minimum atomic E-state index is -1.98. The summed E-state index contributed by atoms with van der Waals surface area (Å²) in [4.78, 5) is 24.9. The number of β-amino-alcohol motifs (C(OH)–C–C–N with tert-alkyl or cyclic N) is 1. The number of aromatic hydroxyl groups is 1. The van der Waals surface area contributed by atoms with Gasteiger partial charge in [0.2, 0.25) is 5.79 Å². The molecular weight excluding hydrogens is 434 g/mol. The first-order chi connectivity index (χ1) is 15.5. The lowest BCUT2D eigenvalue weighted by Gasteiger charge is -2.51. The first kappa shape index (κ1) is 25.0. The number of fused-ring (bicyclic) bond motifs is 2. The highest BCUT2D eigenvalue weighted by Gasteiger charge is 2.59. The Balaban J connectivity index is 1.92. The van der Waals surface area contributed by atoms with Crippen molar-refractivity contribution < 1.29 is 43.9 Å². The summed E-state index contributed by atoms with van der Waals surface area (Å²) in [5.41, 5.74) is 0.870. The summed E-state index contributed by atoms with van der Waals surface area (Å²) in [5, 5.41) is 34.4. The Morgan fingerprint density at radius 3 is 2.70 bits per heavy atom. The molecule has 4 N–H and O–H groups in total. The largest absolute Gasteiger partial charge is 0.504 e. The van der Waals surface area contributed by atoms with Gasteiger partial charge < -0.3 is 39.6 Å². The molecule has 2 heterocycles. The van der Waals surface area contributed by atoms with Gasteiger partial charge in [-0.3, -0.25) is 4.79 Å². The molecule has 33 heavy (non-hydrogen) atoms. The number of nitrogens with one attached hydrogen (secondary N) is 1. The fraction of sp³-hybridized carbons (Fsp3) is 0.565. The number of carbonyl (C=O) groups is 2. The van der Waals surface area contributed by atoms with Gasteiger partial charge in [0.15, 0.2) is 23.7 Å². The van der Waals surface area contributed by atoms with Crippen LogP contribution in [0, 0.1) is 5.92 Å². The van der Waals surface area contributed by atoms with Crippen LogP contribution >= 0.6 is 0 Å². The number of esters is 2. The Bertz CT molecular complexity index is 915. The fourth-order valence-electron chi connectivity index (χ4n) is 4.04. The summed E-state index contributed by atoms with van der Waals surface area (Å²) < 4.78 is 21.6. The summed E-state index contributed by atoms with van der Waals surface area (Å²) in [5.74, 6) is -3.14. The molecule has 0 radical (unpaired) electrons. The lowest BCUT2D eigenvalue weighted by Crippen LogP contribution is -2.73. The van der Waals surface area contributed by atoms with E-state index in [4.69, 9.17) is 18.9 Å². The Morgan fingerprint density at radius 2 is 2.06 bits per heavy atom. The predicted octanol–water partition coefficient (Wildman–Crippen LogP) is 0.725. The number of ether oxygens (including phenoxy) is 4. The van der Waals surface area contributed by atoms with Crippen molar-refractivity contribution in [3.05, 3.63) is 29.3 Å². The van der Waals surface area contributed by atoms with Gasteiger partial charge in [0.1, 0.15) is 12.2 Å². The average Bonchev–Trinajstić information content (AvgIpc) is 2.74. The van der Waals surface area contributed by atoms with Crippen molar-refractivity contribution in [3.8, 4) is 11.5 Å². The third-order valence-corrected chi connectivity index (χ3v) is 5.51. The molecule has 0 aliphatic carbocycles. The third kappa shape index (κ3) is 5.64. The second-order valence-corrected chi connectivity index (χ2v) is 8.72. The zero-order chi connectivity index (χ0) is 24.3. The van der Waals surface area contributed by atoms with E-state index in [0.29, 0.717) is 12.0 Å². The zero-order valence-corrected chi connectivity index (χ0v) is 19.1. The van der Waals surface area contributed by atoms with Crippen molar-refractivity contribution in [3.63, 3.8) is 0 Å². The molecule has 2 aliphatic heterocycles. The van der Waals surface area contributed by atoms with E-state index in [1.54, 1.807) is 18.2 Å². The second-order valence-electron chi connectivity index (χ2n) is 8.72. The molecule has 2 bridgehead atoms. The van der Waals surface area contributed by atoms with E-state index in [1.165, 1.54) is 20.1 Å². The molecule has 0 aromatic heterocycles. The van der Waals surface area contributed by atoms with Crippen LogP contribution in [0.2, 0.25) is 0 Å². The maximum atomic E-state index is 13.2. The molecule has 0 amide bonds. The fourth-order valence-corrected chi connectivity index (χ4v) is 4.04. The number of carbonyl (C=O) groups excluding carboxylic acids is 2. The Kier molecular flexibility index (Phi) is 7.63. The molecule has 5 atom stereocenters. The second kappa shape index (κ2) is 10.1. The van der Waals surface area contributed by atoms with Gasteiger partial charge in [0.25, 0.3) is 0 Å². The highest BCUT2D eigenvalue weighted by molar-refractivity contribution is 5.94. The van der Waals surface area contributed by atoms with Gasteiger partial charge in [-0.1, -0.05) is 19.9 Å². The van der Waals surface area contributed by atoms with Crippen LogP contribution in [0.1, 0.15) is 32.8 Å². The quantitative estimate of drug-likeness (QED) is 0.336. The van der Waals surface area contributed by atoms with E-state index in [0.717, 1.165) is 0 Å². The number of hydrogen-bond donors (Lipinski definition) is 4. The minimum absolute atomic E-state index is 0.0400. The van der Waals surface area contributed by atoms with E-state index in [1.807, 2.05) is 13.8 Å². The monoisotopic (exact) mass is 465 g/mol.